The maximum Gasteiger partial charge on any atom is 0.164 e. The molecule has 308 valence electrons. The van der Waals surface area contributed by atoms with E-state index < -0.39 is 0 Å². The molecule has 12 rings (SSSR count). The number of nitrogens with zero attached hydrogens (tertiary/aromatic N) is 6. The predicted molar refractivity (Wildman–Crippen MR) is 269 cm³/mol. The third-order valence-corrected chi connectivity index (χ3v) is 12.1. The number of hydrogen-bond acceptors (Lipinski definition) is 6. The second-order valence-corrected chi connectivity index (χ2v) is 16.2. The van der Waals surface area contributed by atoms with Crippen molar-refractivity contribution < 1.29 is 0 Å². The highest BCUT2D eigenvalue weighted by molar-refractivity contribution is 6.24. The molecule has 3 aromatic heterocycles. The standard InChI is InChI=1S/C60H38N6/c1-7-19-40(20-8-1)48-38-50-52(57-56(48)62-54(42-23-11-3-12-24-42)55(63-57)43-25-13-4-14-26-43)49-37-47(35-36-51(49)61-53(50)41-21-9-2-10-22-41)39-31-33-46(34-32-39)60-65-58(44-27-15-5-16-28-44)64-59(66-60)45-29-17-6-18-30-45/h1-38H. The average Bonchev–Trinajstić information content (AvgIpc) is 3.41. The first-order chi connectivity index (χ1) is 32.7. The molecule has 9 aromatic carbocycles. The van der Waals surface area contributed by atoms with Gasteiger partial charge in [-0.25, -0.2) is 29.9 Å². The van der Waals surface area contributed by atoms with Gasteiger partial charge in [-0.2, -0.15) is 0 Å². The molecule has 6 heteroatoms. The van der Waals surface area contributed by atoms with Crippen molar-refractivity contribution in [2.24, 2.45) is 0 Å². The summed E-state index contributed by atoms with van der Waals surface area (Å²) >= 11 is 0. The van der Waals surface area contributed by atoms with Gasteiger partial charge in [0.2, 0.25) is 0 Å². The lowest BCUT2D eigenvalue weighted by atomic mass is 9.92. The van der Waals surface area contributed by atoms with Crippen LogP contribution in [0, 0.1) is 0 Å². The van der Waals surface area contributed by atoms with Crippen molar-refractivity contribution in [2.75, 3.05) is 0 Å². The van der Waals surface area contributed by atoms with Gasteiger partial charge in [0.25, 0.3) is 0 Å². The summed E-state index contributed by atoms with van der Waals surface area (Å²) in [5.41, 5.74) is 15.0. The summed E-state index contributed by atoms with van der Waals surface area (Å²) < 4.78 is 0. The van der Waals surface area contributed by atoms with Crippen LogP contribution in [0.15, 0.2) is 231 Å². The van der Waals surface area contributed by atoms with E-state index in [4.69, 9.17) is 29.9 Å². The van der Waals surface area contributed by atoms with Crippen LogP contribution >= 0.6 is 0 Å². The van der Waals surface area contributed by atoms with E-state index in [9.17, 15) is 0 Å². The SMILES string of the molecule is c1ccc(-c2nc(-c3ccccc3)nc(-c3ccc(-c4ccc5nc(-c6ccccc6)c6cc(-c7ccccc7)c7nc(-c8ccccc8)c(-c8ccccc8)nc7c6c5c4)cc3)n2)cc1. The van der Waals surface area contributed by atoms with Crippen LogP contribution in [-0.2, 0) is 0 Å². The largest absolute Gasteiger partial charge is 0.247 e. The van der Waals surface area contributed by atoms with Crippen molar-refractivity contribution in [3.05, 3.63) is 231 Å². The smallest absolute Gasteiger partial charge is 0.164 e. The molecule has 12 aromatic rings. The first kappa shape index (κ1) is 38.7. The highest BCUT2D eigenvalue weighted by Gasteiger charge is 2.23. The minimum atomic E-state index is 0.611. The molecule has 0 saturated heterocycles. The molecular formula is C60H38N6. The first-order valence-electron chi connectivity index (χ1n) is 22.0. The Balaban J connectivity index is 1.09. The van der Waals surface area contributed by atoms with Crippen molar-refractivity contribution in [3.8, 4) is 90.2 Å². The van der Waals surface area contributed by atoms with Crippen molar-refractivity contribution in [3.63, 3.8) is 0 Å². The van der Waals surface area contributed by atoms with Gasteiger partial charge in [-0.15, -0.1) is 0 Å². The Labute approximate surface area is 381 Å². The number of aromatic nitrogens is 6. The van der Waals surface area contributed by atoms with Crippen LogP contribution in [0.25, 0.3) is 123 Å². The Morgan fingerprint density at radius 2 is 0.606 bits per heavy atom. The molecule has 0 amide bonds. The number of fused-ring (bicyclic) bond motifs is 5. The summed E-state index contributed by atoms with van der Waals surface area (Å²) in [5.74, 6) is 1.87. The number of hydrogen-bond donors (Lipinski definition) is 0. The molecule has 3 heterocycles. The molecule has 0 aliphatic heterocycles. The van der Waals surface area contributed by atoms with Gasteiger partial charge in [-0.3, -0.25) is 0 Å². The van der Waals surface area contributed by atoms with Gasteiger partial charge >= 0.3 is 0 Å². The molecular weight excluding hydrogens is 805 g/mol. The Morgan fingerprint density at radius 3 is 1.09 bits per heavy atom. The lowest BCUT2D eigenvalue weighted by Gasteiger charge is -2.18. The van der Waals surface area contributed by atoms with E-state index in [0.29, 0.717) is 17.5 Å². The summed E-state index contributed by atoms with van der Waals surface area (Å²) in [6.45, 7) is 0. The van der Waals surface area contributed by atoms with Crippen LogP contribution in [0.5, 0.6) is 0 Å². The van der Waals surface area contributed by atoms with E-state index >= 15 is 0 Å². The lowest BCUT2D eigenvalue weighted by molar-refractivity contribution is 1.07. The third-order valence-electron chi connectivity index (χ3n) is 12.1. The number of benzene rings is 9. The van der Waals surface area contributed by atoms with Gasteiger partial charge < -0.3 is 0 Å². The first-order valence-corrected chi connectivity index (χ1v) is 22.0. The van der Waals surface area contributed by atoms with E-state index in [1.807, 2.05) is 84.9 Å². The van der Waals surface area contributed by atoms with Crippen LogP contribution in [0.2, 0.25) is 0 Å². The maximum atomic E-state index is 5.72. The normalized spacial score (nSPS) is 11.3. The van der Waals surface area contributed by atoms with Crippen molar-refractivity contribution in [1.29, 1.82) is 0 Å². The van der Waals surface area contributed by atoms with Crippen LogP contribution in [0.4, 0.5) is 0 Å². The third kappa shape index (κ3) is 7.13. The Morgan fingerprint density at radius 1 is 0.227 bits per heavy atom. The highest BCUT2D eigenvalue weighted by atomic mass is 15.0. The maximum absolute atomic E-state index is 5.72. The molecule has 0 spiro atoms. The van der Waals surface area contributed by atoms with Crippen LogP contribution in [0.1, 0.15) is 0 Å². The van der Waals surface area contributed by atoms with Crippen molar-refractivity contribution >= 4 is 32.7 Å². The Hall–Kier alpha value is -9.00. The van der Waals surface area contributed by atoms with E-state index in [0.717, 1.165) is 105 Å². The topological polar surface area (TPSA) is 77.3 Å². The van der Waals surface area contributed by atoms with E-state index in [1.165, 1.54) is 0 Å². The fraction of sp³-hybridized carbons (Fsp3) is 0. The van der Waals surface area contributed by atoms with Crippen LogP contribution in [-0.4, -0.2) is 29.9 Å². The summed E-state index contributed by atoms with van der Waals surface area (Å²) in [6.07, 6.45) is 0. The second-order valence-electron chi connectivity index (χ2n) is 16.2. The fourth-order valence-electron chi connectivity index (χ4n) is 8.86. The van der Waals surface area contributed by atoms with Gasteiger partial charge in [0.1, 0.15) is 0 Å². The van der Waals surface area contributed by atoms with Crippen LogP contribution < -0.4 is 0 Å². The Bertz CT molecular complexity index is 3640. The lowest BCUT2D eigenvalue weighted by Crippen LogP contribution is -2.00. The molecule has 66 heavy (non-hydrogen) atoms. The summed E-state index contributed by atoms with van der Waals surface area (Å²) in [4.78, 5) is 31.6. The molecule has 0 aliphatic rings. The predicted octanol–water partition coefficient (Wildman–Crippen LogP) is 14.9. The molecule has 0 N–H and O–H groups in total. The summed E-state index contributed by atoms with van der Waals surface area (Å²) in [5, 5.41) is 3.00. The van der Waals surface area contributed by atoms with E-state index in [2.05, 4.69) is 146 Å². The average molecular weight is 843 g/mol. The highest BCUT2D eigenvalue weighted by Crippen LogP contribution is 2.44. The molecule has 0 saturated carbocycles. The van der Waals surface area contributed by atoms with Gasteiger partial charge in [0, 0.05) is 55.1 Å². The Kier molecular flexibility index (Phi) is 9.73. The number of pyridine rings is 1. The number of rotatable bonds is 8. The molecule has 0 aliphatic carbocycles. The zero-order valence-electron chi connectivity index (χ0n) is 35.6. The zero-order chi connectivity index (χ0) is 43.8. The van der Waals surface area contributed by atoms with E-state index in [1.54, 1.807) is 0 Å². The molecule has 6 nitrogen and oxygen atoms in total. The fourth-order valence-corrected chi connectivity index (χ4v) is 8.86. The molecule has 0 unspecified atom stereocenters. The summed E-state index contributed by atoms with van der Waals surface area (Å²) in [6, 6.07) is 79.1. The molecule has 0 atom stereocenters. The van der Waals surface area contributed by atoms with E-state index in [-0.39, 0.29) is 0 Å². The van der Waals surface area contributed by atoms with Gasteiger partial charge in [0.15, 0.2) is 17.5 Å². The van der Waals surface area contributed by atoms with Crippen LogP contribution in [0.3, 0.4) is 0 Å². The quantitative estimate of drug-likeness (QED) is 0.142. The van der Waals surface area contributed by atoms with Crippen molar-refractivity contribution in [1.82, 2.24) is 29.9 Å². The molecule has 0 fully saturated rings. The second kappa shape index (κ2) is 16.6. The van der Waals surface area contributed by atoms with Gasteiger partial charge in [-0.05, 0) is 34.9 Å². The molecule has 0 radical (unpaired) electrons. The van der Waals surface area contributed by atoms with Gasteiger partial charge in [-0.1, -0.05) is 212 Å². The monoisotopic (exact) mass is 842 g/mol. The summed E-state index contributed by atoms with van der Waals surface area (Å²) in [7, 11) is 0. The minimum Gasteiger partial charge on any atom is -0.247 e. The minimum absolute atomic E-state index is 0.611. The zero-order valence-corrected chi connectivity index (χ0v) is 35.6. The van der Waals surface area contributed by atoms with Crippen molar-refractivity contribution in [2.45, 2.75) is 0 Å². The molecule has 0 bridgehead atoms. The van der Waals surface area contributed by atoms with Gasteiger partial charge in [0.05, 0.1) is 33.6 Å².